The van der Waals surface area contributed by atoms with Gasteiger partial charge >= 0.3 is 0 Å². The molecule has 9 nitrogen and oxygen atoms in total. The van der Waals surface area contributed by atoms with Crippen molar-refractivity contribution in [3.05, 3.63) is 218 Å². The smallest absolute Gasteiger partial charge is 0.238 e. The highest BCUT2D eigenvalue weighted by molar-refractivity contribution is 6.24. The van der Waals surface area contributed by atoms with Crippen LogP contribution in [-0.2, 0) is 0 Å². The SMILES string of the molecule is c1ccc(-c2nc3cccc(-c4ccc(-n5c6ccccc6c6ccc7c8ccccc8n(-c8nc(-c9cccc%10c9oc9ccccc9%10)nc(-c9cccc%10c9oc9ccccc9%10)n8)c7c65)cc4)c3o2)cc1. The van der Waals surface area contributed by atoms with E-state index < -0.39 is 0 Å². The van der Waals surface area contributed by atoms with Crippen LogP contribution in [0.1, 0.15) is 0 Å². The highest BCUT2D eigenvalue weighted by Gasteiger charge is 2.26. The molecule has 0 saturated heterocycles. The Labute approximate surface area is 414 Å². The normalized spacial score (nSPS) is 12.1. The topological polar surface area (TPSA) is 101 Å². The van der Waals surface area contributed by atoms with Crippen molar-refractivity contribution in [2.24, 2.45) is 0 Å². The van der Waals surface area contributed by atoms with Crippen molar-refractivity contribution in [1.82, 2.24) is 29.1 Å². The molecule has 340 valence electrons. The number of benzene rings is 10. The Morgan fingerprint density at radius 1 is 0.301 bits per heavy atom. The molecule has 6 heterocycles. The number of oxazole rings is 1. The second-order valence-electron chi connectivity index (χ2n) is 18.5. The average molecular weight is 937 g/mol. The monoisotopic (exact) mass is 936 g/mol. The van der Waals surface area contributed by atoms with Crippen molar-refractivity contribution < 1.29 is 13.3 Å². The third-order valence-corrected chi connectivity index (χ3v) is 14.5. The summed E-state index contributed by atoms with van der Waals surface area (Å²) in [4.78, 5) is 21.2. The molecule has 0 saturated carbocycles. The molecule has 0 unspecified atom stereocenters. The van der Waals surface area contributed by atoms with E-state index in [-0.39, 0.29) is 0 Å². The van der Waals surface area contributed by atoms with Gasteiger partial charge in [0.2, 0.25) is 11.8 Å². The summed E-state index contributed by atoms with van der Waals surface area (Å²) in [6, 6.07) is 75.1. The second kappa shape index (κ2) is 15.2. The van der Waals surface area contributed by atoms with Crippen molar-refractivity contribution in [3.8, 4) is 57.0 Å². The van der Waals surface area contributed by atoms with Gasteiger partial charge in [-0.1, -0.05) is 152 Å². The van der Waals surface area contributed by atoms with E-state index in [4.69, 9.17) is 33.2 Å². The first-order chi connectivity index (χ1) is 36.2. The van der Waals surface area contributed by atoms with Crippen LogP contribution in [0.5, 0.6) is 0 Å². The van der Waals surface area contributed by atoms with E-state index in [9.17, 15) is 0 Å². The van der Waals surface area contributed by atoms with Crippen LogP contribution >= 0.6 is 0 Å². The van der Waals surface area contributed by atoms with E-state index in [0.717, 1.165) is 121 Å². The Morgan fingerprint density at radius 2 is 0.808 bits per heavy atom. The van der Waals surface area contributed by atoms with Crippen LogP contribution in [0, 0.1) is 0 Å². The molecule has 0 spiro atoms. The zero-order valence-corrected chi connectivity index (χ0v) is 38.7. The van der Waals surface area contributed by atoms with Gasteiger partial charge in [-0.25, -0.2) is 9.97 Å². The molecule has 0 amide bonds. The van der Waals surface area contributed by atoms with E-state index in [1.807, 2.05) is 103 Å². The van der Waals surface area contributed by atoms with Gasteiger partial charge in [0.05, 0.1) is 33.2 Å². The molecule has 0 radical (unpaired) electrons. The van der Waals surface area contributed by atoms with Gasteiger partial charge in [0, 0.05) is 59.9 Å². The lowest BCUT2D eigenvalue weighted by molar-refractivity contribution is 0.621. The molecular weight excluding hydrogens is 901 g/mol. The summed E-state index contributed by atoms with van der Waals surface area (Å²) < 4.78 is 24.4. The van der Waals surface area contributed by atoms with Gasteiger partial charge in [-0.15, -0.1) is 0 Å². The molecule has 0 aliphatic heterocycles. The van der Waals surface area contributed by atoms with E-state index in [1.165, 1.54) is 0 Å². The van der Waals surface area contributed by atoms with Gasteiger partial charge in [0.15, 0.2) is 17.2 Å². The van der Waals surface area contributed by atoms with E-state index in [2.05, 4.69) is 124 Å². The number of aromatic nitrogens is 6. The molecule has 16 aromatic rings. The van der Waals surface area contributed by atoms with Crippen molar-refractivity contribution in [1.29, 1.82) is 0 Å². The van der Waals surface area contributed by atoms with E-state index in [0.29, 0.717) is 34.7 Å². The summed E-state index contributed by atoms with van der Waals surface area (Å²) in [5.74, 6) is 2.01. The van der Waals surface area contributed by atoms with E-state index >= 15 is 0 Å². The lowest BCUT2D eigenvalue weighted by Gasteiger charge is -2.14. The van der Waals surface area contributed by atoms with Crippen molar-refractivity contribution in [2.45, 2.75) is 0 Å². The number of hydrogen-bond donors (Lipinski definition) is 0. The standard InChI is InChI=1S/C64H36N6O3/c1-2-15-38(16-3-1)63-65-51-26-14-21-40(60(51)73-63)37-31-33-39(34-32-37)69-52-27-8-4-17-41(52)45-35-36-46-42-18-5-9-28-53(42)70(57(46)56(45)69)64-67-61(49-24-12-22-47-43-19-6-10-29-54(43)71-58(47)49)66-62(68-64)50-25-13-23-48-44-20-7-11-30-55(44)72-59(48)50/h1-36H. The molecule has 0 aliphatic carbocycles. The molecule has 9 heteroatoms. The fourth-order valence-electron chi connectivity index (χ4n) is 11.2. The summed E-state index contributed by atoms with van der Waals surface area (Å²) >= 11 is 0. The van der Waals surface area contributed by atoms with Gasteiger partial charge in [0.25, 0.3) is 0 Å². The van der Waals surface area contributed by atoms with Gasteiger partial charge in [-0.3, -0.25) is 4.57 Å². The highest BCUT2D eigenvalue weighted by atomic mass is 16.3. The molecular formula is C64H36N6O3. The maximum absolute atomic E-state index is 6.66. The summed E-state index contributed by atoms with van der Waals surface area (Å²) in [7, 11) is 0. The summed E-state index contributed by atoms with van der Waals surface area (Å²) in [6.45, 7) is 0. The average Bonchev–Trinajstić information content (AvgIpc) is 4.30. The Kier molecular flexibility index (Phi) is 8.26. The second-order valence-corrected chi connectivity index (χ2v) is 18.5. The van der Waals surface area contributed by atoms with Crippen LogP contribution in [0.15, 0.2) is 232 Å². The third kappa shape index (κ3) is 5.84. The molecule has 10 aromatic carbocycles. The highest BCUT2D eigenvalue weighted by Crippen LogP contribution is 2.44. The van der Waals surface area contributed by atoms with Crippen LogP contribution in [-0.4, -0.2) is 29.1 Å². The summed E-state index contributed by atoms with van der Waals surface area (Å²) in [6.07, 6.45) is 0. The predicted molar refractivity (Wildman–Crippen MR) is 292 cm³/mol. The number of rotatable bonds is 6. The Morgan fingerprint density at radius 3 is 1.44 bits per heavy atom. The maximum atomic E-state index is 6.66. The van der Waals surface area contributed by atoms with E-state index in [1.54, 1.807) is 0 Å². The molecule has 16 rings (SSSR count). The summed E-state index contributed by atoms with van der Waals surface area (Å²) in [5, 5.41) is 8.40. The lowest BCUT2D eigenvalue weighted by Crippen LogP contribution is -2.07. The van der Waals surface area contributed by atoms with Crippen LogP contribution in [0.4, 0.5) is 0 Å². The maximum Gasteiger partial charge on any atom is 0.238 e. The number of para-hydroxylation sites is 7. The molecule has 73 heavy (non-hydrogen) atoms. The van der Waals surface area contributed by atoms with Crippen LogP contribution < -0.4 is 0 Å². The van der Waals surface area contributed by atoms with Crippen molar-refractivity contribution in [3.63, 3.8) is 0 Å². The minimum atomic E-state index is 0.460. The van der Waals surface area contributed by atoms with Crippen molar-refractivity contribution in [2.75, 3.05) is 0 Å². The zero-order chi connectivity index (χ0) is 47.7. The molecule has 0 fully saturated rings. The molecule has 0 N–H and O–H groups in total. The van der Waals surface area contributed by atoms with Gasteiger partial charge in [-0.2, -0.15) is 9.97 Å². The van der Waals surface area contributed by atoms with Crippen molar-refractivity contribution >= 4 is 98.6 Å². The number of furan rings is 2. The van der Waals surface area contributed by atoms with Gasteiger partial charge in [-0.05, 0) is 72.3 Å². The minimum absolute atomic E-state index is 0.460. The number of hydrogen-bond acceptors (Lipinski definition) is 7. The largest absolute Gasteiger partial charge is 0.455 e. The first-order valence-electron chi connectivity index (χ1n) is 24.3. The first kappa shape index (κ1) is 39.7. The van der Waals surface area contributed by atoms with Crippen LogP contribution in [0.2, 0.25) is 0 Å². The molecule has 0 bridgehead atoms. The molecule has 0 aliphatic rings. The fourth-order valence-corrected chi connectivity index (χ4v) is 11.2. The quantitative estimate of drug-likeness (QED) is 0.164. The number of fused-ring (bicyclic) bond motifs is 14. The van der Waals surface area contributed by atoms with Crippen LogP contribution in [0.25, 0.3) is 156 Å². The lowest BCUT2D eigenvalue weighted by atomic mass is 10.0. The molecule has 6 aromatic heterocycles. The number of nitrogens with zero attached hydrogens (tertiary/aromatic N) is 6. The Bertz CT molecular complexity index is 4790. The Hall–Kier alpha value is -10.1. The minimum Gasteiger partial charge on any atom is -0.455 e. The Balaban J connectivity index is 0.964. The van der Waals surface area contributed by atoms with Gasteiger partial charge < -0.3 is 17.8 Å². The zero-order valence-electron chi connectivity index (χ0n) is 38.7. The van der Waals surface area contributed by atoms with Gasteiger partial charge in [0.1, 0.15) is 27.8 Å². The predicted octanol–water partition coefficient (Wildman–Crippen LogP) is 16.7. The summed E-state index contributed by atoms with van der Waals surface area (Å²) in [5.41, 5.74) is 14.0. The molecule has 0 atom stereocenters. The third-order valence-electron chi connectivity index (χ3n) is 14.5. The van der Waals surface area contributed by atoms with Crippen LogP contribution in [0.3, 0.4) is 0 Å². The first-order valence-corrected chi connectivity index (χ1v) is 24.3. The fraction of sp³-hybridized carbons (Fsp3) is 0.